The van der Waals surface area contributed by atoms with Crippen molar-refractivity contribution in [2.45, 2.75) is 31.8 Å². The molecule has 0 aromatic heterocycles. The Kier molecular flexibility index (Phi) is 1.32. The smallest absolute Gasteiger partial charge is 0.130 e. The Morgan fingerprint density at radius 2 is 2.27 bits per heavy atom. The van der Waals surface area contributed by atoms with Crippen molar-refractivity contribution in [2.75, 3.05) is 0 Å². The van der Waals surface area contributed by atoms with Crippen LogP contribution in [0.4, 0.5) is 0 Å². The van der Waals surface area contributed by atoms with Crippen LogP contribution in [0.3, 0.4) is 0 Å². The lowest BCUT2D eigenvalue weighted by Gasteiger charge is -2.33. The highest BCUT2D eigenvalue weighted by atomic mass is 16.3. The predicted octanol–water partition coefficient (Wildman–Crippen LogP) is 1.42. The van der Waals surface area contributed by atoms with Crippen molar-refractivity contribution < 1.29 is 5.11 Å². The van der Waals surface area contributed by atoms with E-state index in [2.05, 4.69) is 12.8 Å². The fourth-order valence-electron chi connectivity index (χ4n) is 2.85. The van der Waals surface area contributed by atoms with Crippen LogP contribution in [0, 0.1) is 30.1 Å². The van der Waals surface area contributed by atoms with E-state index in [0.717, 1.165) is 12.8 Å². The second-order valence-electron chi connectivity index (χ2n) is 4.03. The summed E-state index contributed by atoms with van der Waals surface area (Å²) in [5, 5.41) is 10.0. The summed E-state index contributed by atoms with van der Waals surface area (Å²) >= 11 is 0. The maximum atomic E-state index is 10.0. The van der Waals surface area contributed by atoms with E-state index in [9.17, 15) is 5.11 Å². The number of hydrogen-bond donors (Lipinski definition) is 1. The zero-order valence-electron chi connectivity index (χ0n) is 6.88. The minimum atomic E-state index is -0.761. The van der Waals surface area contributed by atoms with Crippen molar-refractivity contribution in [3.63, 3.8) is 0 Å². The third kappa shape index (κ3) is 0.711. The first-order chi connectivity index (χ1) is 5.18. The summed E-state index contributed by atoms with van der Waals surface area (Å²) in [5.41, 5.74) is -0.761. The standard InChI is InChI=1S/C10H14O/c1-3-10(11)7(2)8-4-5-9(10)6-8/h1,7-9,11H,4-6H2,2H3. The van der Waals surface area contributed by atoms with Crippen LogP contribution < -0.4 is 0 Å². The molecule has 0 radical (unpaired) electrons. The van der Waals surface area contributed by atoms with Gasteiger partial charge in [-0.1, -0.05) is 12.8 Å². The van der Waals surface area contributed by atoms with Gasteiger partial charge in [0.25, 0.3) is 0 Å². The zero-order chi connectivity index (χ0) is 8.06. The average Bonchev–Trinajstić information content (AvgIpc) is 2.56. The molecule has 2 aliphatic carbocycles. The van der Waals surface area contributed by atoms with Crippen LogP contribution in [0.15, 0.2) is 0 Å². The second kappa shape index (κ2) is 2.01. The predicted molar refractivity (Wildman–Crippen MR) is 43.8 cm³/mol. The molecule has 2 saturated carbocycles. The molecule has 4 atom stereocenters. The normalized spacial score (nSPS) is 54.5. The number of aliphatic hydroxyl groups is 1. The average molecular weight is 150 g/mol. The monoisotopic (exact) mass is 150 g/mol. The molecule has 0 amide bonds. The molecule has 1 heteroatoms. The number of hydrogen-bond acceptors (Lipinski definition) is 1. The van der Waals surface area contributed by atoms with Gasteiger partial charge in [-0.05, 0) is 37.0 Å². The van der Waals surface area contributed by atoms with Crippen molar-refractivity contribution >= 4 is 0 Å². The lowest BCUT2D eigenvalue weighted by molar-refractivity contribution is 0.000489. The van der Waals surface area contributed by atoms with Gasteiger partial charge in [-0.25, -0.2) is 0 Å². The van der Waals surface area contributed by atoms with Gasteiger partial charge in [-0.15, -0.1) is 6.42 Å². The van der Waals surface area contributed by atoms with E-state index in [0.29, 0.717) is 17.8 Å². The van der Waals surface area contributed by atoms with E-state index in [-0.39, 0.29) is 0 Å². The summed E-state index contributed by atoms with van der Waals surface area (Å²) in [5.74, 6) is 3.99. The Balaban J connectivity index is 2.32. The Morgan fingerprint density at radius 1 is 1.55 bits per heavy atom. The van der Waals surface area contributed by atoms with Gasteiger partial charge in [-0.2, -0.15) is 0 Å². The third-order valence-corrected chi connectivity index (χ3v) is 3.73. The summed E-state index contributed by atoms with van der Waals surface area (Å²) in [4.78, 5) is 0. The summed E-state index contributed by atoms with van der Waals surface area (Å²) in [6.07, 6.45) is 8.91. The first kappa shape index (κ1) is 7.18. The highest BCUT2D eigenvalue weighted by molar-refractivity contribution is 5.20. The minimum Gasteiger partial charge on any atom is -0.377 e. The van der Waals surface area contributed by atoms with E-state index in [4.69, 9.17) is 6.42 Å². The molecular formula is C10H14O. The van der Waals surface area contributed by atoms with Crippen LogP contribution in [-0.2, 0) is 0 Å². The maximum Gasteiger partial charge on any atom is 0.130 e. The van der Waals surface area contributed by atoms with E-state index in [1.807, 2.05) is 0 Å². The van der Waals surface area contributed by atoms with Crippen molar-refractivity contribution in [1.29, 1.82) is 0 Å². The molecule has 0 aromatic carbocycles. The first-order valence-electron chi connectivity index (χ1n) is 4.38. The van der Waals surface area contributed by atoms with Crippen molar-refractivity contribution in [2.24, 2.45) is 17.8 Å². The van der Waals surface area contributed by atoms with Crippen LogP contribution in [0.1, 0.15) is 26.2 Å². The van der Waals surface area contributed by atoms with E-state index in [1.165, 1.54) is 6.42 Å². The minimum absolute atomic E-state index is 0.325. The quantitative estimate of drug-likeness (QED) is 0.518. The van der Waals surface area contributed by atoms with Crippen LogP contribution >= 0.6 is 0 Å². The second-order valence-corrected chi connectivity index (χ2v) is 4.03. The number of fused-ring (bicyclic) bond motifs is 2. The molecule has 2 aliphatic rings. The van der Waals surface area contributed by atoms with Crippen LogP contribution in [0.25, 0.3) is 0 Å². The molecule has 0 spiro atoms. The molecule has 1 nitrogen and oxygen atoms in total. The Labute approximate surface area is 67.8 Å². The summed E-state index contributed by atoms with van der Waals surface area (Å²) in [6, 6.07) is 0. The lowest BCUT2D eigenvalue weighted by atomic mass is 9.77. The first-order valence-corrected chi connectivity index (χ1v) is 4.38. The number of rotatable bonds is 0. The maximum absolute atomic E-state index is 10.0. The number of terminal acetylenes is 1. The molecule has 2 fully saturated rings. The van der Waals surface area contributed by atoms with Gasteiger partial charge < -0.3 is 5.11 Å². The highest BCUT2D eigenvalue weighted by Crippen LogP contribution is 2.53. The summed E-state index contributed by atoms with van der Waals surface area (Å²) < 4.78 is 0. The summed E-state index contributed by atoms with van der Waals surface area (Å²) in [6.45, 7) is 2.09. The van der Waals surface area contributed by atoms with Crippen molar-refractivity contribution in [3.05, 3.63) is 0 Å². The van der Waals surface area contributed by atoms with Gasteiger partial charge in [0.2, 0.25) is 0 Å². The van der Waals surface area contributed by atoms with Crippen molar-refractivity contribution in [3.8, 4) is 12.3 Å². The molecule has 0 aromatic rings. The van der Waals surface area contributed by atoms with E-state index < -0.39 is 5.60 Å². The van der Waals surface area contributed by atoms with Gasteiger partial charge in [0.1, 0.15) is 5.60 Å². The molecule has 0 saturated heterocycles. The molecule has 11 heavy (non-hydrogen) atoms. The lowest BCUT2D eigenvalue weighted by Crippen LogP contribution is -2.40. The van der Waals surface area contributed by atoms with E-state index >= 15 is 0 Å². The molecule has 0 aliphatic heterocycles. The Hall–Kier alpha value is -0.480. The van der Waals surface area contributed by atoms with Gasteiger partial charge in [0, 0.05) is 0 Å². The fourth-order valence-corrected chi connectivity index (χ4v) is 2.85. The molecule has 60 valence electrons. The van der Waals surface area contributed by atoms with Crippen LogP contribution in [-0.4, -0.2) is 10.7 Å². The molecule has 4 unspecified atom stereocenters. The third-order valence-electron chi connectivity index (χ3n) is 3.73. The van der Waals surface area contributed by atoms with E-state index in [1.54, 1.807) is 0 Å². The Bertz CT molecular complexity index is 211. The van der Waals surface area contributed by atoms with Crippen LogP contribution in [0.2, 0.25) is 0 Å². The van der Waals surface area contributed by atoms with Gasteiger partial charge in [-0.3, -0.25) is 0 Å². The van der Waals surface area contributed by atoms with Crippen molar-refractivity contribution in [1.82, 2.24) is 0 Å². The fraction of sp³-hybridized carbons (Fsp3) is 0.800. The summed E-state index contributed by atoms with van der Waals surface area (Å²) in [7, 11) is 0. The van der Waals surface area contributed by atoms with Gasteiger partial charge >= 0.3 is 0 Å². The van der Waals surface area contributed by atoms with Gasteiger partial charge in [0.15, 0.2) is 0 Å². The SMILES string of the molecule is C#CC1(O)C2CCC(C2)C1C. The molecule has 0 heterocycles. The zero-order valence-corrected chi connectivity index (χ0v) is 6.88. The molecule has 1 N–H and O–H groups in total. The van der Waals surface area contributed by atoms with Gasteiger partial charge in [0.05, 0.1) is 0 Å². The molecule has 2 rings (SSSR count). The Morgan fingerprint density at radius 3 is 2.64 bits per heavy atom. The highest BCUT2D eigenvalue weighted by Gasteiger charge is 2.54. The topological polar surface area (TPSA) is 20.2 Å². The van der Waals surface area contributed by atoms with Crippen LogP contribution in [0.5, 0.6) is 0 Å². The largest absolute Gasteiger partial charge is 0.377 e. The molecular weight excluding hydrogens is 136 g/mol. The molecule has 2 bridgehead atoms.